The first-order valence-corrected chi connectivity index (χ1v) is 5.57. The Morgan fingerprint density at radius 2 is 2.06 bits per heavy atom. The number of hydrogen-bond donors (Lipinski definition) is 1. The molecular weight excluding hydrogens is 238 g/mol. The van der Waals surface area contributed by atoms with Crippen molar-refractivity contribution in [2.45, 2.75) is 20.3 Å². The zero-order valence-corrected chi connectivity index (χ0v) is 10.1. The van der Waals surface area contributed by atoms with Gasteiger partial charge in [0.2, 0.25) is 0 Å². The molecule has 0 aliphatic heterocycles. The summed E-state index contributed by atoms with van der Waals surface area (Å²) < 4.78 is 27.8. The summed E-state index contributed by atoms with van der Waals surface area (Å²) in [7, 11) is 0. The number of aromatic nitrogens is 2. The Morgan fingerprint density at radius 1 is 1.33 bits per heavy atom. The first kappa shape index (κ1) is 12.4. The molecule has 2 aromatic rings. The van der Waals surface area contributed by atoms with Crippen LogP contribution in [-0.2, 0) is 6.42 Å². The van der Waals surface area contributed by atoms with E-state index in [2.05, 4.69) is 9.97 Å². The number of H-pyrrole nitrogens is 1. The zero-order valence-electron chi connectivity index (χ0n) is 10.1. The smallest absolute Gasteiger partial charge is 0.254 e. The van der Waals surface area contributed by atoms with Gasteiger partial charge in [-0.05, 0) is 25.0 Å². The highest BCUT2D eigenvalue weighted by atomic mass is 19.1. The Balaban J connectivity index is 2.81. The van der Waals surface area contributed by atoms with E-state index in [0.717, 1.165) is 6.33 Å². The molecule has 0 spiro atoms. The summed E-state index contributed by atoms with van der Waals surface area (Å²) in [6, 6.07) is 2.53. The molecule has 0 unspecified atom stereocenters. The van der Waals surface area contributed by atoms with Gasteiger partial charge in [0.05, 0.1) is 17.6 Å². The van der Waals surface area contributed by atoms with Crippen molar-refractivity contribution in [1.29, 1.82) is 0 Å². The van der Waals surface area contributed by atoms with Crippen molar-refractivity contribution in [3.63, 3.8) is 0 Å². The van der Waals surface area contributed by atoms with E-state index in [1.165, 1.54) is 19.1 Å². The number of benzene rings is 1. The molecule has 0 fully saturated rings. The minimum absolute atomic E-state index is 0.0694. The van der Waals surface area contributed by atoms with Gasteiger partial charge >= 0.3 is 0 Å². The van der Waals surface area contributed by atoms with Gasteiger partial charge in [0.1, 0.15) is 11.6 Å². The third-order valence-corrected chi connectivity index (χ3v) is 2.82. The molecule has 0 aliphatic carbocycles. The SMILES string of the molecule is CCc1c(-c2c(F)ccc(C)c2F)nc[nH]c1=O. The Bertz CT molecular complexity index is 650. The minimum atomic E-state index is -0.717. The standard InChI is InChI=1S/C13H12F2N2O/c1-3-8-12(16-6-17-13(8)18)10-9(14)5-4-7(2)11(10)15/h4-6H,3H2,1-2H3,(H,16,17,18). The molecule has 94 valence electrons. The predicted octanol–water partition coefficient (Wildman–Crippen LogP) is 2.59. The maximum absolute atomic E-state index is 14.0. The summed E-state index contributed by atoms with van der Waals surface area (Å²) in [6.07, 6.45) is 1.50. The van der Waals surface area contributed by atoms with Gasteiger partial charge in [-0.3, -0.25) is 4.79 Å². The maximum Gasteiger partial charge on any atom is 0.254 e. The number of halogens is 2. The highest BCUT2D eigenvalue weighted by molar-refractivity contribution is 5.65. The summed E-state index contributed by atoms with van der Waals surface area (Å²) in [5, 5.41) is 0. The molecule has 3 nitrogen and oxygen atoms in total. The average molecular weight is 250 g/mol. The molecule has 1 aromatic carbocycles. The second-order valence-electron chi connectivity index (χ2n) is 3.97. The van der Waals surface area contributed by atoms with Gasteiger partial charge in [-0.2, -0.15) is 0 Å². The number of hydrogen-bond acceptors (Lipinski definition) is 2. The Morgan fingerprint density at radius 3 is 2.72 bits per heavy atom. The number of nitrogens with zero attached hydrogens (tertiary/aromatic N) is 1. The molecule has 1 heterocycles. The van der Waals surface area contributed by atoms with Crippen LogP contribution in [0, 0.1) is 18.6 Å². The van der Waals surface area contributed by atoms with Crippen molar-refractivity contribution in [2.24, 2.45) is 0 Å². The molecule has 0 bridgehead atoms. The molecular formula is C13H12F2N2O. The number of aromatic amines is 1. The van der Waals surface area contributed by atoms with Crippen molar-refractivity contribution in [1.82, 2.24) is 9.97 Å². The number of rotatable bonds is 2. The van der Waals surface area contributed by atoms with Gasteiger partial charge in [0.25, 0.3) is 5.56 Å². The Labute approximate surface area is 103 Å². The molecule has 0 atom stereocenters. The number of nitrogens with one attached hydrogen (secondary N) is 1. The topological polar surface area (TPSA) is 45.8 Å². The molecule has 1 aromatic heterocycles. The average Bonchev–Trinajstić information content (AvgIpc) is 2.35. The lowest BCUT2D eigenvalue weighted by Gasteiger charge is -2.09. The zero-order chi connectivity index (χ0) is 13.3. The van der Waals surface area contributed by atoms with Gasteiger partial charge in [0, 0.05) is 5.56 Å². The molecule has 0 radical (unpaired) electrons. The van der Waals surface area contributed by atoms with Crippen LogP contribution in [0.2, 0.25) is 0 Å². The van der Waals surface area contributed by atoms with Gasteiger partial charge in [0.15, 0.2) is 0 Å². The van der Waals surface area contributed by atoms with Gasteiger partial charge in [-0.25, -0.2) is 13.8 Å². The normalized spacial score (nSPS) is 10.7. The van der Waals surface area contributed by atoms with Crippen molar-refractivity contribution in [2.75, 3.05) is 0 Å². The Hall–Kier alpha value is -2.04. The van der Waals surface area contributed by atoms with Crippen LogP contribution >= 0.6 is 0 Å². The molecule has 2 rings (SSSR count). The summed E-state index contributed by atoms with van der Waals surface area (Å²) in [6.45, 7) is 3.28. The quantitative estimate of drug-likeness (QED) is 0.890. The second kappa shape index (κ2) is 4.68. The highest BCUT2D eigenvalue weighted by Crippen LogP contribution is 2.27. The van der Waals surface area contributed by atoms with Crippen LogP contribution in [0.5, 0.6) is 0 Å². The Kier molecular flexibility index (Phi) is 3.23. The van der Waals surface area contributed by atoms with E-state index >= 15 is 0 Å². The van der Waals surface area contributed by atoms with Crippen LogP contribution in [0.3, 0.4) is 0 Å². The fourth-order valence-electron chi connectivity index (χ4n) is 1.85. The summed E-state index contributed by atoms with van der Waals surface area (Å²) in [4.78, 5) is 17.9. The van der Waals surface area contributed by atoms with E-state index in [4.69, 9.17) is 0 Å². The van der Waals surface area contributed by atoms with E-state index in [0.29, 0.717) is 12.0 Å². The van der Waals surface area contributed by atoms with Gasteiger partial charge < -0.3 is 4.98 Å². The lowest BCUT2D eigenvalue weighted by molar-refractivity contribution is 0.582. The third kappa shape index (κ3) is 1.92. The molecule has 18 heavy (non-hydrogen) atoms. The van der Waals surface area contributed by atoms with Crippen molar-refractivity contribution < 1.29 is 8.78 Å². The highest BCUT2D eigenvalue weighted by Gasteiger charge is 2.18. The van der Waals surface area contributed by atoms with Crippen LogP contribution in [0.1, 0.15) is 18.1 Å². The van der Waals surface area contributed by atoms with E-state index in [-0.39, 0.29) is 22.4 Å². The van der Waals surface area contributed by atoms with E-state index in [1.54, 1.807) is 6.92 Å². The predicted molar refractivity (Wildman–Crippen MR) is 64.3 cm³/mol. The number of aryl methyl sites for hydroxylation is 1. The molecule has 0 saturated carbocycles. The van der Waals surface area contributed by atoms with Crippen molar-refractivity contribution >= 4 is 0 Å². The summed E-state index contributed by atoms with van der Waals surface area (Å²) >= 11 is 0. The largest absolute Gasteiger partial charge is 0.313 e. The maximum atomic E-state index is 14.0. The molecule has 0 saturated heterocycles. The van der Waals surface area contributed by atoms with Gasteiger partial charge in [-0.15, -0.1) is 0 Å². The fraction of sp³-hybridized carbons (Fsp3) is 0.231. The van der Waals surface area contributed by atoms with E-state index in [9.17, 15) is 13.6 Å². The summed E-state index contributed by atoms with van der Waals surface area (Å²) in [5.74, 6) is -1.39. The van der Waals surface area contributed by atoms with Crippen molar-refractivity contribution in [3.05, 3.63) is 51.6 Å². The van der Waals surface area contributed by atoms with Crippen LogP contribution < -0.4 is 5.56 Å². The van der Waals surface area contributed by atoms with Gasteiger partial charge in [-0.1, -0.05) is 13.0 Å². The second-order valence-corrected chi connectivity index (χ2v) is 3.97. The lowest BCUT2D eigenvalue weighted by Crippen LogP contribution is -2.15. The monoisotopic (exact) mass is 250 g/mol. The third-order valence-electron chi connectivity index (χ3n) is 2.82. The van der Waals surface area contributed by atoms with E-state index < -0.39 is 11.6 Å². The molecule has 1 N–H and O–H groups in total. The minimum Gasteiger partial charge on any atom is -0.313 e. The van der Waals surface area contributed by atoms with Crippen LogP contribution in [0.15, 0.2) is 23.3 Å². The van der Waals surface area contributed by atoms with Crippen LogP contribution in [0.25, 0.3) is 11.3 Å². The summed E-state index contributed by atoms with van der Waals surface area (Å²) in [5.41, 5.74) is 0.0529. The van der Waals surface area contributed by atoms with Crippen LogP contribution in [-0.4, -0.2) is 9.97 Å². The lowest BCUT2D eigenvalue weighted by atomic mass is 10.0. The molecule has 5 heteroatoms. The first-order chi connectivity index (χ1) is 8.56. The first-order valence-electron chi connectivity index (χ1n) is 5.57. The fourth-order valence-corrected chi connectivity index (χ4v) is 1.85. The van der Waals surface area contributed by atoms with Crippen molar-refractivity contribution in [3.8, 4) is 11.3 Å². The van der Waals surface area contributed by atoms with Crippen LogP contribution in [0.4, 0.5) is 8.78 Å². The molecule has 0 aliphatic rings. The molecule has 0 amide bonds. The van der Waals surface area contributed by atoms with E-state index in [1.807, 2.05) is 0 Å².